The van der Waals surface area contributed by atoms with Crippen molar-refractivity contribution in [1.82, 2.24) is 9.97 Å². The van der Waals surface area contributed by atoms with Gasteiger partial charge in [0.05, 0.1) is 17.2 Å². The molecule has 0 saturated carbocycles. The molecule has 0 unspecified atom stereocenters. The molecular formula is C16H11FN4O3. The summed E-state index contributed by atoms with van der Waals surface area (Å²) in [7, 11) is 0. The number of hydrogen-bond acceptors (Lipinski definition) is 6. The Morgan fingerprint density at radius 1 is 1.12 bits per heavy atom. The van der Waals surface area contributed by atoms with E-state index in [1.807, 2.05) is 0 Å². The molecule has 0 aliphatic heterocycles. The van der Waals surface area contributed by atoms with Gasteiger partial charge in [0.25, 0.3) is 5.69 Å². The van der Waals surface area contributed by atoms with E-state index in [0.717, 1.165) is 12.1 Å². The standard InChI is InChI=1S/C16H11FN4O3/c17-11-1-6-14(15(9-11)21(22)23)20-12-2-4-13(5-3-12)24-16-10-18-7-8-19-16/h1-10,20H. The predicted octanol–water partition coefficient (Wildman–Crippen LogP) is 4.06. The summed E-state index contributed by atoms with van der Waals surface area (Å²) in [5.74, 6) is 0.224. The molecule has 24 heavy (non-hydrogen) atoms. The summed E-state index contributed by atoms with van der Waals surface area (Å²) >= 11 is 0. The third kappa shape index (κ3) is 3.61. The van der Waals surface area contributed by atoms with Crippen LogP contribution >= 0.6 is 0 Å². The average molecular weight is 326 g/mol. The number of nitro benzene ring substituents is 1. The number of nitrogens with one attached hydrogen (secondary N) is 1. The first-order valence-electron chi connectivity index (χ1n) is 6.87. The Morgan fingerprint density at radius 3 is 2.58 bits per heavy atom. The van der Waals surface area contributed by atoms with E-state index < -0.39 is 10.7 Å². The Morgan fingerprint density at radius 2 is 1.92 bits per heavy atom. The quantitative estimate of drug-likeness (QED) is 0.561. The van der Waals surface area contributed by atoms with Gasteiger partial charge in [-0.3, -0.25) is 15.1 Å². The lowest BCUT2D eigenvalue weighted by Crippen LogP contribution is -1.97. The lowest BCUT2D eigenvalue weighted by atomic mass is 10.2. The second-order valence-electron chi connectivity index (χ2n) is 4.71. The number of hydrogen-bond donors (Lipinski definition) is 1. The van der Waals surface area contributed by atoms with Gasteiger partial charge in [0, 0.05) is 18.1 Å². The normalized spacial score (nSPS) is 10.2. The Bertz CT molecular complexity index is 857. The molecule has 1 heterocycles. The highest BCUT2D eigenvalue weighted by Crippen LogP contribution is 2.29. The molecule has 0 atom stereocenters. The molecule has 0 spiro atoms. The second kappa shape index (κ2) is 6.69. The Kier molecular flexibility index (Phi) is 4.28. The predicted molar refractivity (Wildman–Crippen MR) is 84.9 cm³/mol. The van der Waals surface area contributed by atoms with Crippen LogP contribution in [-0.4, -0.2) is 14.9 Å². The van der Waals surface area contributed by atoms with Crippen molar-refractivity contribution >= 4 is 17.1 Å². The Hall–Kier alpha value is -3.55. The van der Waals surface area contributed by atoms with Crippen LogP contribution in [0.4, 0.5) is 21.5 Å². The summed E-state index contributed by atoms with van der Waals surface area (Å²) in [5, 5.41) is 13.9. The van der Waals surface area contributed by atoms with Crippen molar-refractivity contribution in [3.63, 3.8) is 0 Å². The summed E-state index contributed by atoms with van der Waals surface area (Å²) in [4.78, 5) is 18.2. The zero-order valence-corrected chi connectivity index (χ0v) is 12.2. The third-order valence-corrected chi connectivity index (χ3v) is 3.05. The molecule has 1 N–H and O–H groups in total. The summed E-state index contributed by atoms with van der Waals surface area (Å²) < 4.78 is 18.6. The van der Waals surface area contributed by atoms with Gasteiger partial charge in [-0.05, 0) is 36.4 Å². The number of aromatic nitrogens is 2. The fourth-order valence-electron chi connectivity index (χ4n) is 1.98. The first-order chi connectivity index (χ1) is 11.6. The molecule has 0 fully saturated rings. The van der Waals surface area contributed by atoms with Crippen LogP contribution in [-0.2, 0) is 0 Å². The number of ether oxygens (including phenoxy) is 1. The van der Waals surface area contributed by atoms with Crippen molar-refractivity contribution in [3.8, 4) is 11.6 Å². The molecule has 3 aromatic rings. The van der Waals surface area contributed by atoms with Gasteiger partial charge >= 0.3 is 0 Å². The summed E-state index contributed by atoms with van der Waals surface area (Å²) in [6.45, 7) is 0. The van der Waals surface area contributed by atoms with Gasteiger partial charge in [0.2, 0.25) is 5.88 Å². The fourth-order valence-corrected chi connectivity index (χ4v) is 1.98. The molecule has 7 nitrogen and oxygen atoms in total. The van der Waals surface area contributed by atoms with Crippen LogP contribution in [0.2, 0.25) is 0 Å². The van der Waals surface area contributed by atoms with Gasteiger partial charge in [-0.2, -0.15) is 0 Å². The van der Waals surface area contributed by atoms with Crippen LogP contribution in [0.5, 0.6) is 11.6 Å². The van der Waals surface area contributed by atoms with Gasteiger partial charge < -0.3 is 10.1 Å². The molecular weight excluding hydrogens is 315 g/mol. The third-order valence-electron chi connectivity index (χ3n) is 3.05. The van der Waals surface area contributed by atoms with Crippen molar-refractivity contribution in [3.05, 3.63) is 77.0 Å². The maximum absolute atomic E-state index is 13.1. The van der Waals surface area contributed by atoms with Crippen LogP contribution in [0.1, 0.15) is 0 Å². The Labute approximate surface area is 135 Å². The van der Waals surface area contributed by atoms with E-state index in [1.165, 1.54) is 24.7 Å². The van der Waals surface area contributed by atoms with E-state index in [4.69, 9.17) is 4.74 Å². The van der Waals surface area contributed by atoms with Gasteiger partial charge in [-0.1, -0.05) is 0 Å². The molecule has 0 amide bonds. The van der Waals surface area contributed by atoms with E-state index >= 15 is 0 Å². The van der Waals surface area contributed by atoms with Gasteiger partial charge in [0.15, 0.2) is 0 Å². The largest absolute Gasteiger partial charge is 0.438 e. The van der Waals surface area contributed by atoms with E-state index in [1.54, 1.807) is 24.3 Å². The molecule has 3 rings (SSSR count). The molecule has 0 aliphatic rings. The minimum Gasteiger partial charge on any atom is -0.438 e. The van der Waals surface area contributed by atoms with Crippen molar-refractivity contribution in [1.29, 1.82) is 0 Å². The zero-order chi connectivity index (χ0) is 16.9. The van der Waals surface area contributed by atoms with Gasteiger partial charge in [0.1, 0.15) is 17.3 Å². The number of rotatable bonds is 5. The number of halogens is 1. The van der Waals surface area contributed by atoms with Gasteiger partial charge in [-0.25, -0.2) is 9.37 Å². The fraction of sp³-hybridized carbons (Fsp3) is 0. The topological polar surface area (TPSA) is 90.2 Å². The van der Waals surface area contributed by atoms with E-state index in [9.17, 15) is 14.5 Å². The van der Waals surface area contributed by atoms with Crippen LogP contribution in [0, 0.1) is 15.9 Å². The zero-order valence-electron chi connectivity index (χ0n) is 12.2. The Balaban J connectivity index is 1.76. The highest BCUT2D eigenvalue weighted by molar-refractivity contribution is 5.69. The number of nitro groups is 1. The first kappa shape index (κ1) is 15.3. The molecule has 120 valence electrons. The lowest BCUT2D eigenvalue weighted by molar-refractivity contribution is -0.384. The number of benzene rings is 2. The van der Waals surface area contributed by atoms with Crippen LogP contribution in [0.15, 0.2) is 61.1 Å². The minimum absolute atomic E-state index is 0.198. The van der Waals surface area contributed by atoms with Crippen LogP contribution < -0.4 is 10.1 Å². The molecule has 0 aliphatic carbocycles. The SMILES string of the molecule is O=[N+]([O-])c1cc(F)ccc1Nc1ccc(Oc2cnccn2)cc1. The van der Waals surface area contributed by atoms with Crippen molar-refractivity contribution < 1.29 is 14.1 Å². The maximum Gasteiger partial charge on any atom is 0.295 e. The average Bonchev–Trinajstić information content (AvgIpc) is 2.59. The first-order valence-corrected chi connectivity index (χ1v) is 6.87. The molecule has 0 saturated heterocycles. The van der Waals surface area contributed by atoms with Crippen molar-refractivity contribution in [2.75, 3.05) is 5.32 Å². The van der Waals surface area contributed by atoms with Crippen molar-refractivity contribution in [2.24, 2.45) is 0 Å². The molecule has 0 radical (unpaired) electrons. The molecule has 1 aromatic heterocycles. The molecule has 2 aromatic carbocycles. The number of anilines is 2. The monoisotopic (exact) mass is 326 g/mol. The minimum atomic E-state index is -0.667. The summed E-state index contributed by atoms with van der Waals surface area (Å²) in [6.07, 6.45) is 4.53. The maximum atomic E-state index is 13.1. The molecule has 0 bridgehead atoms. The van der Waals surface area contributed by atoms with Crippen LogP contribution in [0.25, 0.3) is 0 Å². The summed E-state index contributed by atoms with van der Waals surface area (Å²) in [6, 6.07) is 10.0. The highest BCUT2D eigenvalue weighted by atomic mass is 19.1. The van der Waals surface area contributed by atoms with E-state index in [2.05, 4.69) is 15.3 Å². The second-order valence-corrected chi connectivity index (χ2v) is 4.71. The van der Waals surface area contributed by atoms with Gasteiger partial charge in [-0.15, -0.1) is 0 Å². The highest BCUT2D eigenvalue weighted by Gasteiger charge is 2.15. The van der Waals surface area contributed by atoms with Crippen molar-refractivity contribution in [2.45, 2.75) is 0 Å². The summed E-state index contributed by atoms with van der Waals surface area (Å²) in [5.41, 5.74) is 0.454. The number of nitrogens with zero attached hydrogens (tertiary/aromatic N) is 3. The van der Waals surface area contributed by atoms with Crippen LogP contribution in [0.3, 0.4) is 0 Å². The van der Waals surface area contributed by atoms with E-state index in [-0.39, 0.29) is 11.4 Å². The smallest absolute Gasteiger partial charge is 0.295 e. The van der Waals surface area contributed by atoms with E-state index in [0.29, 0.717) is 17.3 Å². The lowest BCUT2D eigenvalue weighted by Gasteiger charge is -2.08. The molecule has 8 heteroatoms.